The first-order chi connectivity index (χ1) is 14.1. The third-order valence-corrected chi connectivity index (χ3v) is 6.71. The molecule has 0 aromatic heterocycles. The normalized spacial score (nSPS) is 22.8. The van der Waals surface area contributed by atoms with E-state index < -0.39 is 0 Å². The van der Waals surface area contributed by atoms with Gasteiger partial charge in [-0.25, -0.2) is 5.01 Å². The van der Waals surface area contributed by atoms with Crippen LogP contribution in [-0.2, 0) is 0 Å². The van der Waals surface area contributed by atoms with Crippen molar-refractivity contribution in [3.63, 3.8) is 0 Å². The number of hydrogen-bond donors (Lipinski definition) is 0. The molecule has 3 aliphatic rings. The molecule has 0 amide bonds. The third kappa shape index (κ3) is 3.24. The molecule has 0 radical (unpaired) electrons. The van der Waals surface area contributed by atoms with Crippen molar-refractivity contribution < 1.29 is 4.74 Å². The summed E-state index contributed by atoms with van der Waals surface area (Å²) < 4.78 is 6.75. The Morgan fingerprint density at radius 2 is 1.76 bits per heavy atom. The highest BCUT2D eigenvalue weighted by Gasteiger charge is 2.51. The topological polar surface area (TPSA) is 28.1 Å². The van der Waals surface area contributed by atoms with E-state index in [2.05, 4.69) is 73.1 Å². The van der Waals surface area contributed by atoms with E-state index in [4.69, 9.17) is 9.84 Å². The molecule has 0 saturated carbocycles. The van der Waals surface area contributed by atoms with Gasteiger partial charge in [-0.1, -0.05) is 54.4 Å². The summed E-state index contributed by atoms with van der Waals surface area (Å²) in [5, 5.41) is 7.52. The molecule has 4 nitrogen and oxygen atoms in total. The molecule has 0 bridgehead atoms. The SMILES string of the molecule is CCCN1CCC2(CC1)Oc1ccc(C)cc1[C@@H]1CC(c3ccc(C)cc3)=NN12. The Labute approximate surface area is 174 Å². The molecule has 1 saturated heterocycles. The maximum absolute atomic E-state index is 6.75. The molecule has 1 fully saturated rings. The molecule has 0 N–H and O–H groups in total. The van der Waals surface area contributed by atoms with Gasteiger partial charge in [0.1, 0.15) is 5.75 Å². The van der Waals surface area contributed by atoms with Crippen LogP contribution in [-0.4, -0.2) is 41.0 Å². The molecule has 1 atom stereocenters. The van der Waals surface area contributed by atoms with Crippen LogP contribution >= 0.6 is 0 Å². The van der Waals surface area contributed by atoms with Gasteiger partial charge >= 0.3 is 0 Å². The van der Waals surface area contributed by atoms with Crippen molar-refractivity contribution in [1.82, 2.24) is 9.91 Å². The van der Waals surface area contributed by atoms with Crippen LogP contribution in [0.3, 0.4) is 0 Å². The molecule has 2 aromatic rings. The standard InChI is InChI=1S/C25H31N3O/c1-4-13-27-14-11-25(12-15-27)28-23(21-16-19(3)7-10-24(21)29-25)17-22(26-28)20-8-5-18(2)6-9-20/h5-10,16,23H,4,11-15,17H2,1-3H3/t23-/m0/s1. The molecule has 3 aliphatic heterocycles. The van der Waals surface area contributed by atoms with Gasteiger partial charge in [-0.15, -0.1) is 0 Å². The highest BCUT2D eigenvalue weighted by molar-refractivity contribution is 6.02. The number of hydrogen-bond acceptors (Lipinski definition) is 4. The molecule has 5 rings (SSSR count). The average molecular weight is 390 g/mol. The van der Waals surface area contributed by atoms with E-state index in [0.717, 1.165) is 38.1 Å². The summed E-state index contributed by atoms with van der Waals surface area (Å²) >= 11 is 0. The van der Waals surface area contributed by atoms with E-state index >= 15 is 0 Å². The zero-order chi connectivity index (χ0) is 20.0. The smallest absolute Gasteiger partial charge is 0.200 e. The van der Waals surface area contributed by atoms with Crippen molar-refractivity contribution in [2.24, 2.45) is 5.10 Å². The summed E-state index contributed by atoms with van der Waals surface area (Å²) in [7, 11) is 0. The molecule has 4 heteroatoms. The maximum atomic E-state index is 6.75. The van der Waals surface area contributed by atoms with Gasteiger partial charge in [-0.2, -0.15) is 5.10 Å². The van der Waals surface area contributed by atoms with E-state index in [1.54, 1.807) is 0 Å². The minimum Gasteiger partial charge on any atom is -0.466 e. The van der Waals surface area contributed by atoms with E-state index in [0.29, 0.717) is 0 Å². The second-order valence-corrected chi connectivity index (χ2v) is 8.91. The molecular weight excluding hydrogens is 358 g/mol. The molecule has 152 valence electrons. The zero-order valence-electron chi connectivity index (χ0n) is 17.8. The van der Waals surface area contributed by atoms with E-state index in [-0.39, 0.29) is 11.8 Å². The first kappa shape index (κ1) is 18.7. The van der Waals surface area contributed by atoms with Crippen LogP contribution in [0.5, 0.6) is 5.75 Å². The summed E-state index contributed by atoms with van der Waals surface area (Å²) in [6.07, 6.45) is 4.16. The lowest BCUT2D eigenvalue weighted by atomic mass is 9.90. The minimum absolute atomic E-state index is 0.271. The second-order valence-electron chi connectivity index (χ2n) is 8.91. The number of nitrogens with zero attached hydrogens (tertiary/aromatic N) is 3. The Balaban J connectivity index is 1.52. The van der Waals surface area contributed by atoms with Gasteiger partial charge in [0.25, 0.3) is 0 Å². The number of likely N-dealkylation sites (tertiary alicyclic amines) is 1. The van der Waals surface area contributed by atoms with Gasteiger partial charge in [0.15, 0.2) is 0 Å². The minimum atomic E-state index is -0.316. The highest BCUT2D eigenvalue weighted by atomic mass is 16.5. The Bertz CT molecular complexity index is 926. The first-order valence-corrected chi connectivity index (χ1v) is 11.0. The van der Waals surface area contributed by atoms with Crippen molar-refractivity contribution in [3.05, 3.63) is 64.7 Å². The fourth-order valence-electron chi connectivity index (χ4n) is 5.09. The van der Waals surface area contributed by atoms with Gasteiger partial charge in [0.05, 0.1) is 11.8 Å². The van der Waals surface area contributed by atoms with Crippen LogP contribution in [0, 0.1) is 13.8 Å². The molecular formula is C25H31N3O. The summed E-state index contributed by atoms with van der Waals surface area (Å²) in [5.41, 5.74) is 5.96. The predicted molar refractivity (Wildman–Crippen MR) is 117 cm³/mol. The van der Waals surface area contributed by atoms with Crippen molar-refractivity contribution in [1.29, 1.82) is 0 Å². The fraction of sp³-hybridized carbons (Fsp3) is 0.480. The first-order valence-electron chi connectivity index (χ1n) is 11.0. The van der Waals surface area contributed by atoms with Crippen molar-refractivity contribution in [3.8, 4) is 5.75 Å². The monoisotopic (exact) mass is 389 g/mol. The van der Waals surface area contributed by atoms with Gasteiger partial charge in [-0.3, -0.25) is 0 Å². The van der Waals surface area contributed by atoms with Crippen molar-refractivity contribution in [2.75, 3.05) is 19.6 Å². The summed E-state index contributed by atoms with van der Waals surface area (Å²) in [5.74, 6) is 1.06. The molecule has 1 spiro atoms. The van der Waals surface area contributed by atoms with Crippen LogP contribution < -0.4 is 4.74 Å². The van der Waals surface area contributed by atoms with Gasteiger partial charge in [0, 0.05) is 37.9 Å². The lowest BCUT2D eigenvalue weighted by Gasteiger charge is -2.51. The number of aryl methyl sites for hydroxylation is 2. The molecule has 0 unspecified atom stereocenters. The Kier molecular flexibility index (Phi) is 4.62. The highest BCUT2D eigenvalue weighted by Crippen LogP contribution is 2.50. The number of hydrazone groups is 1. The molecule has 0 aliphatic carbocycles. The summed E-state index contributed by atoms with van der Waals surface area (Å²) in [6.45, 7) is 9.88. The number of piperidine rings is 1. The fourth-order valence-corrected chi connectivity index (χ4v) is 5.09. The van der Waals surface area contributed by atoms with Crippen LogP contribution in [0.15, 0.2) is 47.6 Å². The average Bonchev–Trinajstić information content (AvgIpc) is 3.18. The molecule has 29 heavy (non-hydrogen) atoms. The largest absolute Gasteiger partial charge is 0.466 e. The Hall–Kier alpha value is -2.33. The van der Waals surface area contributed by atoms with Crippen molar-refractivity contribution in [2.45, 2.75) is 58.2 Å². The number of ether oxygens (including phenoxy) is 1. The van der Waals surface area contributed by atoms with E-state index in [9.17, 15) is 0 Å². The van der Waals surface area contributed by atoms with Crippen LogP contribution in [0.2, 0.25) is 0 Å². The van der Waals surface area contributed by atoms with E-state index in [1.165, 1.54) is 40.9 Å². The quantitative estimate of drug-likeness (QED) is 0.735. The van der Waals surface area contributed by atoms with Crippen molar-refractivity contribution >= 4 is 5.71 Å². The zero-order valence-corrected chi connectivity index (χ0v) is 17.8. The van der Waals surface area contributed by atoms with Gasteiger partial charge in [0.2, 0.25) is 5.72 Å². The maximum Gasteiger partial charge on any atom is 0.200 e. The van der Waals surface area contributed by atoms with E-state index in [1.807, 2.05) is 0 Å². The van der Waals surface area contributed by atoms with Crippen LogP contribution in [0.4, 0.5) is 0 Å². The number of fused-ring (bicyclic) bond motifs is 4. The molecule has 2 aromatic carbocycles. The molecule has 3 heterocycles. The van der Waals surface area contributed by atoms with Gasteiger partial charge in [-0.05, 0) is 38.4 Å². The number of benzene rings is 2. The van der Waals surface area contributed by atoms with Crippen LogP contribution in [0.25, 0.3) is 0 Å². The summed E-state index contributed by atoms with van der Waals surface area (Å²) in [6, 6.07) is 15.7. The second kappa shape index (κ2) is 7.17. The van der Waals surface area contributed by atoms with Gasteiger partial charge < -0.3 is 9.64 Å². The Morgan fingerprint density at radius 1 is 1.03 bits per heavy atom. The third-order valence-electron chi connectivity index (χ3n) is 6.71. The predicted octanol–water partition coefficient (Wildman–Crippen LogP) is 5.05. The summed E-state index contributed by atoms with van der Waals surface area (Å²) in [4.78, 5) is 2.56. The Morgan fingerprint density at radius 3 is 2.48 bits per heavy atom. The lowest BCUT2D eigenvalue weighted by molar-refractivity contribution is -0.149. The lowest BCUT2D eigenvalue weighted by Crippen LogP contribution is -2.59. The number of rotatable bonds is 3. The van der Waals surface area contributed by atoms with Crippen LogP contribution in [0.1, 0.15) is 60.9 Å².